The summed E-state index contributed by atoms with van der Waals surface area (Å²) in [5.74, 6) is 1.98. The van der Waals surface area contributed by atoms with E-state index in [4.69, 9.17) is 4.42 Å². The molecule has 0 radical (unpaired) electrons. The summed E-state index contributed by atoms with van der Waals surface area (Å²) < 4.78 is 5.35. The van der Waals surface area contributed by atoms with Crippen molar-refractivity contribution in [2.45, 2.75) is 32.2 Å². The van der Waals surface area contributed by atoms with E-state index in [9.17, 15) is 0 Å². The highest BCUT2D eigenvalue weighted by Crippen LogP contribution is 2.28. The predicted octanol–water partition coefficient (Wildman–Crippen LogP) is 4.42. The summed E-state index contributed by atoms with van der Waals surface area (Å²) in [6.45, 7) is 5.31. The van der Waals surface area contributed by atoms with Gasteiger partial charge in [-0.05, 0) is 49.9 Å². The number of nitrogens with zero attached hydrogens (tertiary/aromatic N) is 3. The van der Waals surface area contributed by atoms with Crippen molar-refractivity contribution in [2.24, 2.45) is 0 Å². The molecule has 128 valence electrons. The lowest BCUT2D eigenvalue weighted by molar-refractivity contribution is 0.200. The molecule has 4 heteroatoms. The van der Waals surface area contributed by atoms with Gasteiger partial charge in [0.25, 0.3) is 0 Å². The van der Waals surface area contributed by atoms with Crippen LogP contribution in [0, 0.1) is 6.92 Å². The summed E-state index contributed by atoms with van der Waals surface area (Å²) in [7, 11) is 0. The average molecular weight is 333 g/mol. The van der Waals surface area contributed by atoms with Crippen molar-refractivity contribution in [3.05, 3.63) is 71.7 Å². The van der Waals surface area contributed by atoms with Crippen LogP contribution in [-0.4, -0.2) is 28.0 Å². The second-order valence-corrected chi connectivity index (χ2v) is 6.88. The standard InChI is InChI=1S/C21H23N3O/c1-16-5-2-6-18(11-16)19-7-3-9-24(15-19)14-17-12-22-21(23-13-17)20-8-4-10-25-20/h2,4-6,8,10-13,19H,3,7,9,14-15H2,1H3. The highest BCUT2D eigenvalue weighted by atomic mass is 16.3. The van der Waals surface area contributed by atoms with Gasteiger partial charge in [0.2, 0.25) is 0 Å². The van der Waals surface area contributed by atoms with Gasteiger partial charge in [-0.2, -0.15) is 0 Å². The second kappa shape index (κ2) is 7.19. The van der Waals surface area contributed by atoms with Gasteiger partial charge in [-0.15, -0.1) is 0 Å². The molecule has 4 rings (SSSR count). The fourth-order valence-corrected chi connectivity index (χ4v) is 3.62. The zero-order chi connectivity index (χ0) is 17.1. The van der Waals surface area contributed by atoms with Gasteiger partial charge < -0.3 is 4.42 Å². The number of hydrogen-bond donors (Lipinski definition) is 0. The SMILES string of the molecule is Cc1cccc(C2CCCN(Cc3cnc(-c4ccco4)nc3)C2)c1. The molecule has 1 aliphatic rings. The highest BCUT2D eigenvalue weighted by molar-refractivity contribution is 5.45. The minimum Gasteiger partial charge on any atom is -0.461 e. The average Bonchev–Trinajstić information content (AvgIpc) is 3.17. The quantitative estimate of drug-likeness (QED) is 0.708. The van der Waals surface area contributed by atoms with E-state index in [0.717, 1.165) is 25.2 Å². The van der Waals surface area contributed by atoms with Gasteiger partial charge in [-0.25, -0.2) is 9.97 Å². The second-order valence-electron chi connectivity index (χ2n) is 6.88. The number of likely N-dealkylation sites (tertiary alicyclic amines) is 1. The molecule has 3 heterocycles. The Labute approximate surface area is 148 Å². The summed E-state index contributed by atoms with van der Waals surface area (Å²) in [4.78, 5) is 11.4. The molecule has 0 spiro atoms. The number of benzene rings is 1. The van der Waals surface area contributed by atoms with E-state index in [0.29, 0.717) is 17.5 Å². The molecule has 1 atom stereocenters. The Balaban J connectivity index is 1.42. The maximum absolute atomic E-state index is 5.35. The first kappa shape index (κ1) is 16.0. The number of piperidine rings is 1. The van der Waals surface area contributed by atoms with E-state index in [1.807, 2.05) is 24.5 Å². The monoisotopic (exact) mass is 333 g/mol. The van der Waals surface area contributed by atoms with Gasteiger partial charge in [-0.3, -0.25) is 4.90 Å². The fraction of sp³-hybridized carbons (Fsp3) is 0.333. The molecule has 0 saturated carbocycles. The molecule has 4 nitrogen and oxygen atoms in total. The Morgan fingerprint density at radius 3 is 2.80 bits per heavy atom. The molecular weight excluding hydrogens is 310 g/mol. The smallest absolute Gasteiger partial charge is 0.195 e. The van der Waals surface area contributed by atoms with Crippen molar-refractivity contribution in [3.8, 4) is 11.6 Å². The molecule has 0 bridgehead atoms. The van der Waals surface area contributed by atoms with Crippen molar-refractivity contribution in [1.82, 2.24) is 14.9 Å². The van der Waals surface area contributed by atoms with Gasteiger partial charge >= 0.3 is 0 Å². The van der Waals surface area contributed by atoms with Gasteiger partial charge in [0.05, 0.1) is 6.26 Å². The number of furan rings is 1. The van der Waals surface area contributed by atoms with Crippen LogP contribution >= 0.6 is 0 Å². The van der Waals surface area contributed by atoms with Crippen molar-refractivity contribution in [2.75, 3.05) is 13.1 Å². The van der Waals surface area contributed by atoms with E-state index in [2.05, 4.69) is 46.1 Å². The van der Waals surface area contributed by atoms with Crippen LogP contribution in [-0.2, 0) is 6.54 Å². The summed E-state index contributed by atoms with van der Waals surface area (Å²) in [6, 6.07) is 12.7. The summed E-state index contributed by atoms with van der Waals surface area (Å²) in [6.07, 6.45) is 7.99. The molecule has 1 fully saturated rings. The normalized spacial score (nSPS) is 18.4. The number of hydrogen-bond acceptors (Lipinski definition) is 4. The van der Waals surface area contributed by atoms with E-state index in [1.54, 1.807) is 6.26 Å². The largest absolute Gasteiger partial charge is 0.461 e. The van der Waals surface area contributed by atoms with Crippen LogP contribution in [0.3, 0.4) is 0 Å². The Bertz CT molecular complexity index is 811. The predicted molar refractivity (Wildman–Crippen MR) is 98.2 cm³/mol. The molecule has 1 aromatic carbocycles. The minimum absolute atomic E-state index is 0.622. The first-order valence-electron chi connectivity index (χ1n) is 8.91. The van der Waals surface area contributed by atoms with Crippen molar-refractivity contribution in [1.29, 1.82) is 0 Å². The Morgan fingerprint density at radius 1 is 1.16 bits per heavy atom. The number of aryl methyl sites for hydroxylation is 1. The molecule has 0 aliphatic carbocycles. The third-order valence-electron chi connectivity index (χ3n) is 4.87. The van der Waals surface area contributed by atoms with Gasteiger partial charge in [0.1, 0.15) is 0 Å². The molecule has 3 aromatic rings. The van der Waals surface area contributed by atoms with Crippen LogP contribution in [0.4, 0.5) is 0 Å². The van der Waals surface area contributed by atoms with E-state index >= 15 is 0 Å². The summed E-state index contributed by atoms with van der Waals surface area (Å²) in [5.41, 5.74) is 3.96. The number of aromatic nitrogens is 2. The molecule has 1 aliphatic heterocycles. The first-order valence-corrected chi connectivity index (χ1v) is 8.91. The lowest BCUT2D eigenvalue weighted by Crippen LogP contribution is -2.34. The zero-order valence-electron chi connectivity index (χ0n) is 14.6. The van der Waals surface area contributed by atoms with E-state index < -0.39 is 0 Å². The van der Waals surface area contributed by atoms with Gasteiger partial charge in [0.15, 0.2) is 11.6 Å². The highest BCUT2D eigenvalue weighted by Gasteiger charge is 2.21. The van der Waals surface area contributed by atoms with Crippen LogP contribution in [0.1, 0.15) is 35.4 Å². The molecular formula is C21H23N3O. The molecule has 2 aromatic heterocycles. The summed E-state index contributed by atoms with van der Waals surface area (Å²) >= 11 is 0. The van der Waals surface area contributed by atoms with Crippen molar-refractivity contribution in [3.63, 3.8) is 0 Å². The van der Waals surface area contributed by atoms with E-state index in [1.165, 1.54) is 24.0 Å². The molecule has 25 heavy (non-hydrogen) atoms. The Kier molecular flexibility index (Phi) is 4.61. The summed E-state index contributed by atoms with van der Waals surface area (Å²) in [5, 5.41) is 0. The third-order valence-corrected chi connectivity index (χ3v) is 4.87. The fourth-order valence-electron chi connectivity index (χ4n) is 3.62. The lowest BCUT2D eigenvalue weighted by Gasteiger charge is -2.33. The third kappa shape index (κ3) is 3.80. The minimum atomic E-state index is 0.622. The van der Waals surface area contributed by atoms with Crippen molar-refractivity contribution >= 4 is 0 Å². The topological polar surface area (TPSA) is 42.2 Å². The zero-order valence-corrected chi connectivity index (χ0v) is 14.6. The van der Waals surface area contributed by atoms with Crippen LogP contribution in [0.2, 0.25) is 0 Å². The Morgan fingerprint density at radius 2 is 2.04 bits per heavy atom. The van der Waals surface area contributed by atoms with Crippen LogP contribution in [0.25, 0.3) is 11.6 Å². The van der Waals surface area contributed by atoms with Crippen molar-refractivity contribution < 1.29 is 4.42 Å². The molecule has 1 saturated heterocycles. The molecule has 0 amide bonds. The van der Waals surface area contributed by atoms with Gasteiger partial charge in [0, 0.05) is 31.0 Å². The Hall–Kier alpha value is -2.46. The molecule has 0 N–H and O–H groups in total. The maximum atomic E-state index is 5.35. The number of rotatable bonds is 4. The molecule has 1 unspecified atom stereocenters. The van der Waals surface area contributed by atoms with E-state index in [-0.39, 0.29) is 0 Å². The first-order chi connectivity index (χ1) is 12.3. The van der Waals surface area contributed by atoms with Crippen LogP contribution in [0.5, 0.6) is 0 Å². The lowest BCUT2D eigenvalue weighted by atomic mass is 9.90. The van der Waals surface area contributed by atoms with Crippen LogP contribution in [0.15, 0.2) is 59.5 Å². The maximum Gasteiger partial charge on any atom is 0.195 e. The van der Waals surface area contributed by atoms with Crippen LogP contribution < -0.4 is 0 Å². The van der Waals surface area contributed by atoms with Gasteiger partial charge in [-0.1, -0.05) is 29.8 Å².